The van der Waals surface area contributed by atoms with Gasteiger partial charge in [-0.2, -0.15) is 11.8 Å². The highest BCUT2D eigenvalue weighted by Crippen LogP contribution is 2.15. The second-order valence-corrected chi connectivity index (χ2v) is 5.19. The molecule has 0 N–H and O–H groups in total. The van der Waals surface area contributed by atoms with Crippen molar-refractivity contribution in [2.75, 3.05) is 24.0 Å². The molecular weight excluding hydrogens is 232 g/mol. The molecule has 1 aromatic heterocycles. The van der Waals surface area contributed by atoms with Gasteiger partial charge in [0.2, 0.25) is 0 Å². The summed E-state index contributed by atoms with van der Waals surface area (Å²) >= 11 is 1.86. The van der Waals surface area contributed by atoms with Crippen LogP contribution in [0.25, 0.3) is 0 Å². The van der Waals surface area contributed by atoms with Gasteiger partial charge in [-0.3, -0.25) is 4.79 Å². The first-order valence-corrected chi connectivity index (χ1v) is 7.14. The third kappa shape index (κ3) is 4.04. The molecule has 1 rings (SSSR count). The molecule has 4 heteroatoms. The first kappa shape index (κ1) is 14.0. The summed E-state index contributed by atoms with van der Waals surface area (Å²) in [6, 6.07) is 4.20. The van der Waals surface area contributed by atoms with Crippen molar-refractivity contribution in [2.45, 2.75) is 26.3 Å². The minimum absolute atomic E-state index is 0.0575. The van der Waals surface area contributed by atoms with Gasteiger partial charge in [-0.05, 0) is 44.4 Å². The molecule has 3 nitrogen and oxygen atoms in total. The summed E-state index contributed by atoms with van der Waals surface area (Å²) in [4.78, 5) is 17.6. The minimum atomic E-state index is 0.0575. The normalized spacial score (nSPS) is 12.2. The fraction of sp³-hybridized carbons (Fsp3) is 0.538. The number of Topliss-reactive ketones (excluding diaryl/α,β-unsaturated/α-hetero) is 1. The average molecular weight is 252 g/mol. The lowest BCUT2D eigenvalue weighted by molar-refractivity contribution is 0.101. The average Bonchev–Trinajstić information content (AvgIpc) is 2.35. The largest absolute Gasteiger partial charge is 0.357 e. The van der Waals surface area contributed by atoms with E-state index in [9.17, 15) is 4.79 Å². The lowest BCUT2D eigenvalue weighted by Gasteiger charge is -2.25. The van der Waals surface area contributed by atoms with Crippen LogP contribution in [-0.2, 0) is 0 Å². The molecule has 0 saturated carbocycles. The predicted molar refractivity (Wildman–Crippen MR) is 75.1 cm³/mol. The molecule has 0 bridgehead atoms. The van der Waals surface area contributed by atoms with Crippen LogP contribution in [0.3, 0.4) is 0 Å². The zero-order chi connectivity index (χ0) is 12.8. The Morgan fingerprint density at radius 1 is 1.53 bits per heavy atom. The van der Waals surface area contributed by atoms with Gasteiger partial charge < -0.3 is 4.90 Å². The monoisotopic (exact) mass is 252 g/mol. The highest BCUT2D eigenvalue weighted by atomic mass is 32.2. The molecule has 0 amide bonds. The number of nitrogens with zero attached hydrogens (tertiary/aromatic N) is 2. The van der Waals surface area contributed by atoms with Gasteiger partial charge in [0.05, 0.1) is 0 Å². The van der Waals surface area contributed by atoms with Crippen molar-refractivity contribution in [1.82, 2.24) is 4.98 Å². The lowest BCUT2D eigenvalue weighted by Crippen LogP contribution is -2.30. The maximum atomic E-state index is 11.1. The molecule has 1 unspecified atom stereocenters. The number of pyridine rings is 1. The van der Waals surface area contributed by atoms with Crippen LogP contribution >= 0.6 is 11.8 Å². The standard InChI is InChI=1S/C13H20N2OS/c1-10(7-8-17-4)15(3)13-6-5-12(9-14-13)11(2)16/h5-6,9-10H,7-8H2,1-4H3. The molecule has 0 aliphatic rings. The highest BCUT2D eigenvalue weighted by molar-refractivity contribution is 7.98. The third-order valence-corrected chi connectivity index (χ3v) is 3.56. The Morgan fingerprint density at radius 3 is 2.71 bits per heavy atom. The van der Waals surface area contributed by atoms with E-state index in [4.69, 9.17) is 0 Å². The zero-order valence-corrected chi connectivity index (χ0v) is 11.8. The molecular formula is C13H20N2OS. The van der Waals surface area contributed by atoms with Crippen LogP contribution < -0.4 is 4.90 Å². The van der Waals surface area contributed by atoms with Gasteiger partial charge in [0.25, 0.3) is 0 Å². The number of carbonyl (C=O) groups is 1. The number of aromatic nitrogens is 1. The van der Waals surface area contributed by atoms with Crippen molar-refractivity contribution in [1.29, 1.82) is 0 Å². The Kier molecular flexibility index (Phi) is 5.48. The van der Waals surface area contributed by atoms with E-state index in [-0.39, 0.29) is 5.78 Å². The predicted octanol–water partition coefficient (Wildman–Crippen LogP) is 2.86. The summed E-state index contributed by atoms with van der Waals surface area (Å²) in [6.07, 6.45) is 4.90. The van der Waals surface area contributed by atoms with Crippen LogP contribution in [0.2, 0.25) is 0 Å². The fourth-order valence-electron chi connectivity index (χ4n) is 1.51. The van der Waals surface area contributed by atoms with Crippen LogP contribution in [0.1, 0.15) is 30.6 Å². The van der Waals surface area contributed by atoms with E-state index in [0.717, 1.165) is 18.0 Å². The van der Waals surface area contributed by atoms with Gasteiger partial charge in [0.1, 0.15) is 5.82 Å². The molecule has 1 atom stereocenters. The number of hydrogen-bond acceptors (Lipinski definition) is 4. The Balaban J connectivity index is 2.68. The van der Waals surface area contributed by atoms with Crippen molar-refractivity contribution >= 4 is 23.4 Å². The van der Waals surface area contributed by atoms with E-state index in [1.54, 1.807) is 13.1 Å². The van der Waals surface area contributed by atoms with Crippen molar-refractivity contribution < 1.29 is 4.79 Å². The minimum Gasteiger partial charge on any atom is -0.357 e. The summed E-state index contributed by atoms with van der Waals surface area (Å²) in [7, 11) is 2.04. The van der Waals surface area contributed by atoms with Gasteiger partial charge in [0, 0.05) is 24.8 Å². The van der Waals surface area contributed by atoms with E-state index in [2.05, 4.69) is 23.1 Å². The SMILES string of the molecule is CSCCC(C)N(C)c1ccc(C(C)=O)cn1. The van der Waals surface area contributed by atoms with Gasteiger partial charge in [0.15, 0.2) is 5.78 Å². The molecule has 0 aromatic carbocycles. The molecule has 0 spiro atoms. The quantitative estimate of drug-likeness (QED) is 0.729. The Bertz CT molecular complexity index is 364. The first-order valence-electron chi connectivity index (χ1n) is 5.75. The van der Waals surface area contributed by atoms with Crippen molar-refractivity contribution in [3.05, 3.63) is 23.9 Å². The lowest BCUT2D eigenvalue weighted by atomic mass is 10.2. The summed E-state index contributed by atoms with van der Waals surface area (Å²) in [5, 5.41) is 0. The third-order valence-electron chi connectivity index (χ3n) is 2.92. The fourth-order valence-corrected chi connectivity index (χ4v) is 2.09. The molecule has 0 saturated heterocycles. The number of thioether (sulfide) groups is 1. The molecule has 0 aliphatic heterocycles. The van der Waals surface area contributed by atoms with Crippen molar-refractivity contribution in [3.63, 3.8) is 0 Å². The molecule has 17 heavy (non-hydrogen) atoms. The van der Waals surface area contributed by atoms with Gasteiger partial charge >= 0.3 is 0 Å². The maximum Gasteiger partial charge on any atom is 0.161 e. The maximum absolute atomic E-state index is 11.1. The molecule has 0 fully saturated rings. The van der Waals surface area contributed by atoms with Crippen LogP contribution in [0.15, 0.2) is 18.3 Å². The molecule has 1 aromatic rings. The number of anilines is 1. The van der Waals surface area contributed by atoms with Crippen LogP contribution in [0, 0.1) is 0 Å². The van der Waals surface area contributed by atoms with Crippen LogP contribution in [-0.4, -0.2) is 35.9 Å². The van der Waals surface area contributed by atoms with Gasteiger partial charge in [-0.15, -0.1) is 0 Å². The van der Waals surface area contributed by atoms with E-state index < -0.39 is 0 Å². The van der Waals surface area contributed by atoms with E-state index in [1.807, 2.05) is 30.9 Å². The topological polar surface area (TPSA) is 33.2 Å². The molecule has 0 radical (unpaired) electrons. The molecule has 1 heterocycles. The number of rotatable bonds is 6. The number of ketones is 1. The Morgan fingerprint density at radius 2 is 2.24 bits per heavy atom. The molecule has 94 valence electrons. The van der Waals surface area contributed by atoms with Crippen molar-refractivity contribution in [2.24, 2.45) is 0 Å². The first-order chi connectivity index (χ1) is 8.06. The van der Waals surface area contributed by atoms with Crippen LogP contribution in [0.4, 0.5) is 5.82 Å². The summed E-state index contributed by atoms with van der Waals surface area (Å²) < 4.78 is 0. The van der Waals surface area contributed by atoms with E-state index >= 15 is 0 Å². The number of carbonyl (C=O) groups excluding carboxylic acids is 1. The number of hydrogen-bond donors (Lipinski definition) is 0. The second kappa shape index (κ2) is 6.64. The Labute approximate surface area is 108 Å². The van der Waals surface area contributed by atoms with Gasteiger partial charge in [-0.1, -0.05) is 0 Å². The summed E-state index contributed by atoms with van der Waals surface area (Å²) in [5.41, 5.74) is 0.666. The van der Waals surface area contributed by atoms with E-state index in [0.29, 0.717) is 11.6 Å². The summed E-state index contributed by atoms with van der Waals surface area (Å²) in [6.45, 7) is 3.75. The second-order valence-electron chi connectivity index (χ2n) is 4.20. The highest BCUT2D eigenvalue weighted by Gasteiger charge is 2.11. The van der Waals surface area contributed by atoms with E-state index in [1.165, 1.54) is 0 Å². The van der Waals surface area contributed by atoms with Gasteiger partial charge in [-0.25, -0.2) is 4.98 Å². The zero-order valence-electron chi connectivity index (χ0n) is 10.9. The van der Waals surface area contributed by atoms with Crippen molar-refractivity contribution in [3.8, 4) is 0 Å². The smallest absolute Gasteiger partial charge is 0.161 e. The van der Waals surface area contributed by atoms with Crippen LogP contribution in [0.5, 0.6) is 0 Å². The Hall–Kier alpha value is -1.03. The summed E-state index contributed by atoms with van der Waals surface area (Å²) in [5.74, 6) is 2.13. The molecule has 0 aliphatic carbocycles.